The molecule has 18 heavy (non-hydrogen) atoms. The van der Waals surface area contributed by atoms with Crippen molar-refractivity contribution in [2.24, 2.45) is 11.7 Å². The second kappa shape index (κ2) is 6.00. The second-order valence-corrected chi connectivity index (χ2v) is 4.47. The number of aromatic amines is 1. The molecule has 0 saturated heterocycles. The Balaban J connectivity index is 2.94. The minimum atomic E-state index is -0.581. The summed E-state index contributed by atoms with van der Waals surface area (Å²) in [6.45, 7) is 4.09. The zero-order valence-electron chi connectivity index (χ0n) is 10.5. The highest BCUT2D eigenvalue weighted by Gasteiger charge is 2.19. The van der Waals surface area contributed by atoms with Gasteiger partial charge in [0, 0.05) is 12.6 Å². The van der Waals surface area contributed by atoms with Crippen molar-refractivity contribution in [3.05, 3.63) is 34.2 Å². The minimum absolute atomic E-state index is 0.157. The maximum atomic E-state index is 12.1. The maximum Gasteiger partial charge on any atom is 0.270 e. The standard InChI is InChI=1S/C12H17N3O3/c1-8(2)6-15(7-10(13)16)12(18)9-4-3-5-11(17)14-9/h3-5,8H,6-7H2,1-2H3,(H2,13,16)(H,14,17). The molecule has 0 spiro atoms. The molecule has 0 saturated carbocycles. The molecule has 1 heterocycles. The molecular weight excluding hydrogens is 234 g/mol. The highest BCUT2D eigenvalue weighted by molar-refractivity contribution is 5.94. The van der Waals surface area contributed by atoms with Crippen LogP contribution in [0.1, 0.15) is 24.3 Å². The zero-order valence-corrected chi connectivity index (χ0v) is 10.5. The summed E-state index contributed by atoms with van der Waals surface area (Å²) in [4.78, 5) is 38.0. The number of nitrogens with one attached hydrogen (secondary N) is 1. The summed E-state index contributed by atoms with van der Waals surface area (Å²) in [5, 5.41) is 0. The van der Waals surface area contributed by atoms with Crippen LogP contribution < -0.4 is 11.3 Å². The van der Waals surface area contributed by atoms with Crippen LogP contribution in [0.15, 0.2) is 23.0 Å². The molecule has 1 rings (SSSR count). The average Bonchev–Trinajstić information content (AvgIpc) is 2.26. The molecule has 0 atom stereocenters. The molecule has 0 aliphatic heterocycles. The third-order valence-electron chi connectivity index (χ3n) is 2.22. The number of rotatable bonds is 5. The van der Waals surface area contributed by atoms with E-state index in [0.29, 0.717) is 6.54 Å². The highest BCUT2D eigenvalue weighted by atomic mass is 16.2. The van der Waals surface area contributed by atoms with Crippen LogP contribution in [0.25, 0.3) is 0 Å². The van der Waals surface area contributed by atoms with Crippen LogP contribution in [0.4, 0.5) is 0 Å². The Labute approximate surface area is 105 Å². The highest BCUT2D eigenvalue weighted by Crippen LogP contribution is 2.04. The molecular formula is C12H17N3O3. The normalized spacial score (nSPS) is 10.4. The lowest BCUT2D eigenvalue weighted by atomic mass is 10.2. The first-order valence-electron chi connectivity index (χ1n) is 5.67. The Morgan fingerprint density at radius 2 is 2.06 bits per heavy atom. The molecule has 6 heteroatoms. The van der Waals surface area contributed by atoms with Crippen molar-refractivity contribution in [2.75, 3.05) is 13.1 Å². The van der Waals surface area contributed by atoms with Crippen LogP contribution in [-0.2, 0) is 4.79 Å². The van der Waals surface area contributed by atoms with Crippen molar-refractivity contribution >= 4 is 11.8 Å². The Morgan fingerprint density at radius 3 is 2.56 bits per heavy atom. The average molecular weight is 251 g/mol. The van der Waals surface area contributed by atoms with Crippen LogP contribution in [0.3, 0.4) is 0 Å². The van der Waals surface area contributed by atoms with E-state index in [1.807, 2.05) is 13.8 Å². The first-order valence-corrected chi connectivity index (χ1v) is 5.67. The van der Waals surface area contributed by atoms with Gasteiger partial charge in [-0.2, -0.15) is 0 Å². The van der Waals surface area contributed by atoms with Gasteiger partial charge in [-0.05, 0) is 12.0 Å². The maximum absolute atomic E-state index is 12.1. The molecule has 0 fully saturated rings. The Hall–Kier alpha value is -2.11. The molecule has 2 amide bonds. The van der Waals surface area contributed by atoms with Crippen molar-refractivity contribution in [2.45, 2.75) is 13.8 Å². The smallest absolute Gasteiger partial charge is 0.270 e. The van der Waals surface area contributed by atoms with E-state index in [2.05, 4.69) is 4.98 Å². The molecule has 0 bridgehead atoms. The lowest BCUT2D eigenvalue weighted by molar-refractivity contribution is -0.118. The molecule has 0 radical (unpaired) electrons. The van der Waals surface area contributed by atoms with Crippen molar-refractivity contribution in [3.63, 3.8) is 0 Å². The third kappa shape index (κ3) is 4.04. The number of pyridine rings is 1. The third-order valence-corrected chi connectivity index (χ3v) is 2.22. The van der Waals surface area contributed by atoms with Gasteiger partial charge in [0.2, 0.25) is 11.5 Å². The van der Waals surface area contributed by atoms with Crippen LogP contribution in [0.5, 0.6) is 0 Å². The van der Waals surface area contributed by atoms with E-state index < -0.39 is 11.8 Å². The molecule has 0 aliphatic carbocycles. The number of carbonyl (C=O) groups is 2. The van der Waals surface area contributed by atoms with Gasteiger partial charge in [-0.25, -0.2) is 0 Å². The van der Waals surface area contributed by atoms with E-state index >= 15 is 0 Å². The van der Waals surface area contributed by atoms with Gasteiger partial charge in [0.15, 0.2) is 0 Å². The first kappa shape index (κ1) is 14.0. The number of nitrogens with two attached hydrogens (primary N) is 1. The van der Waals surface area contributed by atoms with Gasteiger partial charge in [-0.15, -0.1) is 0 Å². The number of carbonyl (C=O) groups excluding carboxylic acids is 2. The van der Waals surface area contributed by atoms with E-state index in [1.54, 1.807) is 0 Å². The molecule has 0 aromatic carbocycles. The molecule has 0 aliphatic rings. The monoisotopic (exact) mass is 251 g/mol. The predicted octanol–water partition coefficient (Wildman–Crippen LogP) is -0.0416. The fourth-order valence-corrected chi connectivity index (χ4v) is 1.59. The summed E-state index contributed by atoms with van der Waals surface area (Å²) in [5.41, 5.74) is 4.91. The molecule has 1 aromatic heterocycles. The largest absolute Gasteiger partial charge is 0.368 e. The Kier molecular flexibility index (Phi) is 4.65. The van der Waals surface area contributed by atoms with Crippen molar-refractivity contribution in [3.8, 4) is 0 Å². The van der Waals surface area contributed by atoms with Crippen LogP contribution in [0, 0.1) is 5.92 Å². The van der Waals surface area contributed by atoms with E-state index in [-0.39, 0.29) is 23.7 Å². The van der Waals surface area contributed by atoms with E-state index in [4.69, 9.17) is 5.73 Å². The number of hydrogen-bond acceptors (Lipinski definition) is 3. The topological polar surface area (TPSA) is 96.3 Å². The summed E-state index contributed by atoms with van der Waals surface area (Å²) in [7, 11) is 0. The number of H-pyrrole nitrogens is 1. The minimum Gasteiger partial charge on any atom is -0.368 e. The number of nitrogens with zero attached hydrogens (tertiary/aromatic N) is 1. The summed E-state index contributed by atoms with van der Waals surface area (Å²) in [6, 6.07) is 4.31. The fourth-order valence-electron chi connectivity index (χ4n) is 1.59. The summed E-state index contributed by atoms with van der Waals surface area (Å²) in [6.07, 6.45) is 0. The van der Waals surface area contributed by atoms with E-state index in [0.717, 1.165) is 0 Å². The van der Waals surface area contributed by atoms with E-state index in [1.165, 1.54) is 23.1 Å². The number of primary amides is 1. The number of aromatic nitrogens is 1. The SMILES string of the molecule is CC(C)CN(CC(N)=O)C(=O)c1cccc(=O)[nH]1. The summed E-state index contributed by atoms with van der Waals surface area (Å²) in [5.74, 6) is -0.786. The Bertz CT molecular complexity index is 493. The van der Waals surface area contributed by atoms with Crippen LogP contribution in [-0.4, -0.2) is 34.8 Å². The lowest BCUT2D eigenvalue weighted by Crippen LogP contribution is -2.41. The molecule has 1 aromatic rings. The summed E-state index contributed by atoms with van der Waals surface area (Å²) < 4.78 is 0. The zero-order chi connectivity index (χ0) is 13.7. The van der Waals surface area contributed by atoms with Gasteiger partial charge in [0.25, 0.3) is 5.91 Å². The van der Waals surface area contributed by atoms with Gasteiger partial charge in [0.1, 0.15) is 5.69 Å². The fraction of sp³-hybridized carbons (Fsp3) is 0.417. The Morgan fingerprint density at radius 1 is 1.39 bits per heavy atom. The van der Waals surface area contributed by atoms with Crippen LogP contribution >= 0.6 is 0 Å². The van der Waals surface area contributed by atoms with E-state index in [9.17, 15) is 14.4 Å². The predicted molar refractivity (Wildman–Crippen MR) is 67.0 cm³/mol. The quantitative estimate of drug-likeness (QED) is 0.768. The molecule has 3 N–H and O–H groups in total. The van der Waals surface area contributed by atoms with Gasteiger partial charge < -0.3 is 15.6 Å². The van der Waals surface area contributed by atoms with Crippen molar-refractivity contribution in [1.29, 1.82) is 0 Å². The lowest BCUT2D eigenvalue weighted by Gasteiger charge is -2.22. The van der Waals surface area contributed by atoms with Gasteiger partial charge in [-0.3, -0.25) is 14.4 Å². The molecule has 6 nitrogen and oxygen atoms in total. The molecule has 0 unspecified atom stereocenters. The van der Waals surface area contributed by atoms with Crippen LogP contribution in [0.2, 0.25) is 0 Å². The van der Waals surface area contributed by atoms with Crippen molar-refractivity contribution < 1.29 is 9.59 Å². The van der Waals surface area contributed by atoms with Crippen molar-refractivity contribution in [1.82, 2.24) is 9.88 Å². The summed E-state index contributed by atoms with van der Waals surface area (Å²) >= 11 is 0. The number of hydrogen-bond donors (Lipinski definition) is 2. The van der Waals surface area contributed by atoms with Gasteiger partial charge in [-0.1, -0.05) is 19.9 Å². The second-order valence-electron chi connectivity index (χ2n) is 4.47. The molecule has 98 valence electrons. The number of amides is 2. The van der Waals surface area contributed by atoms with Gasteiger partial charge in [0.05, 0.1) is 6.54 Å². The van der Waals surface area contributed by atoms with Gasteiger partial charge >= 0.3 is 0 Å². The first-order chi connectivity index (χ1) is 8.40.